The lowest BCUT2D eigenvalue weighted by Gasteiger charge is -1.96. The highest BCUT2D eigenvalue weighted by Crippen LogP contribution is 1.94. The number of hydrazine groups is 1. The molecule has 10 heavy (non-hydrogen) atoms. The van der Waals surface area contributed by atoms with E-state index in [4.69, 9.17) is 11.6 Å². The molecule has 5 heteroatoms. The molecule has 0 radical (unpaired) electrons. The predicted octanol–water partition coefficient (Wildman–Crippen LogP) is -0.482. The minimum Gasteiger partial charge on any atom is -0.369 e. The molecule has 0 amide bonds. The maximum absolute atomic E-state index is 5.26. The Balaban J connectivity index is 3.16. The molecule has 0 aliphatic rings. The van der Waals surface area contributed by atoms with Gasteiger partial charge in [0, 0.05) is 6.54 Å². The third-order valence-corrected chi connectivity index (χ3v) is 1.63. The van der Waals surface area contributed by atoms with Crippen LogP contribution in [-0.2, 0) is 0 Å². The number of hydrogen-bond acceptors (Lipinski definition) is 3. The number of nitrogens with two attached hydrogens (primary N) is 2. The van der Waals surface area contributed by atoms with Gasteiger partial charge in [-0.1, -0.05) is 0 Å². The van der Waals surface area contributed by atoms with Gasteiger partial charge in [-0.15, -0.1) is 0 Å². The molecule has 0 heterocycles. The quantitative estimate of drug-likeness (QED) is 0.171. The fraction of sp³-hybridized carbons (Fsp3) is 0.800. The molecule has 0 aromatic rings. The van der Waals surface area contributed by atoms with Crippen LogP contribution < -0.4 is 17.0 Å². The first kappa shape index (κ1) is 9.58. The van der Waals surface area contributed by atoms with E-state index in [0.29, 0.717) is 5.96 Å². The van der Waals surface area contributed by atoms with Gasteiger partial charge in [0.25, 0.3) is 0 Å². The Labute approximate surface area is 65.4 Å². The molecule has 0 aliphatic heterocycles. The van der Waals surface area contributed by atoms with Crippen molar-refractivity contribution in [2.24, 2.45) is 16.6 Å². The summed E-state index contributed by atoms with van der Waals surface area (Å²) in [5.74, 6) is 6.39. The van der Waals surface area contributed by atoms with Crippen molar-refractivity contribution in [3.8, 4) is 0 Å². The summed E-state index contributed by atoms with van der Waals surface area (Å²) in [7, 11) is 0. The Morgan fingerprint density at radius 1 is 1.70 bits per heavy atom. The molecule has 0 bridgehead atoms. The van der Waals surface area contributed by atoms with Gasteiger partial charge in [0.15, 0.2) is 0 Å². The molecular formula is C5H14N4S. The summed E-state index contributed by atoms with van der Waals surface area (Å²) in [6.07, 6.45) is 3.11. The third-order valence-electron chi connectivity index (χ3n) is 0.937. The molecule has 4 nitrogen and oxygen atoms in total. The Bertz CT molecular complexity index is 104. The predicted molar refractivity (Wildman–Crippen MR) is 46.8 cm³/mol. The number of nitrogens with zero attached hydrogens (tertiary/aromatic N) is 1. The van der Waals surface area contributed by atoms with Crippen LogP contribution in [0.3, 0.4) is 0 Å². The van der Waals surface area contributed by atoms with Crippen LogP contribution in [-0.4, -0.2) is 24.5 Å². The Morgan fingerprint density at radius 2 is 2.40 bits per heavy atom. The summed E-state index contributed by atoms with van der Waals surface area (Å²) >= 11 is 1.80. The topological polar surface area (TPSA) is 76.4 Å². The lowest BCUT2D eigenvalue weighted by atomic mass is 10.5. The molecule has 0 saturated carbocycles. The van der Waals surface area contributed by atoms with Crippen molar-refractivity contribution >= 4 is 17.7 Å². The summed E-state index contributed by atoms with van der Waals surface area (Å²) in [4.78, 5) is 3.93. The van der Waals surface area contributed by atoms with Crippen LogP contribution in [0, 0.1) is 0 Å². The van der Waals surface area contributed by atoms with Crippen molar-refractivity contribution < 1.29 is 0 Å². The summed E-state index contributed by atoms with van der Waals surface area (Å²) < 4.78 is 0. The highest BCUT2D eigenvalue weighted by Gasteiger charge is 1.85. The van der Waals surface area contributed by atoms with E-state index in [9.17, 15) is 0 Å². The minimum atomic E-state index is 0.307. The lowest BCUT2D eigenvalue weighted by molar-refractivity contribution is 0.908. The van der Waals surface area contributed by atoms with Crippen molar-refractivity contribution in [1.29, 1.82) is 0 Å². The average Bonchev–Trinajstić information content (AvgIpc) is 1.98. The van der Waals surface area contributed by atoms with Crippen LogP contribution in [0.4, 0.5) is 0 Å². The summed E-state index contributed by atoms with van der Waals surface area (Å²) in [6.45, 7) is 0.747. The summed E-state index contributed by atoms with van der Waals surface area (Å²) in [6, 6.07) is 0. The van der Waals surface area contributed by atoms with E-state index in [1.165, 1.54) is 0 Å². The molecule has 60 valence electrons. The fourth-order valence-corrected chi connectivity index (χ4v) is 0.872. The number of thioether (sulfide) groups is 1. The molecule has 0 fully saturated rings. The van der Waals surface area contributed by atoms with Gasteiger partial charge in [0.1, 0.15) is 0 Å². The first-order valence-electron chi connectivity index (χ1n) is 3.06. The highest BCUT2D eigenvalue weighted by molar-refractivity contribution is 7.98. The zero-order chi connectivity index (χ0) is 7.82. The number of rotatable bonds is 4. The standard InChI is InChI=1S/C5H14N4S/c1-10-4-2-3-8-5(6)9-7/h2-4,7H2,1H3,(H3,6,8,9). The second kappa shape index (κ2) is 6.70. The second-order valence-electron chi connectivity index (χ2n) is 1.76. The van der Waals surface area contributed by atoms with Gasteiger partial charge >= 0.3 is 0 Å². The van der Waals surface area contributed by atoms with Gasteiger partial charge in [-0.25, -0.2) is 5.84 Å². The van der Waals surface area contributed by atoms with Gasteiger partial charge < -0.3 is 5.73 Å². The van der Waals surface area contributed by atoms with Crippen molar-refractivity contribution in [1.82, 2.24) is 5.43 Å². The normalized spacial score (nSPS) is 11.6. The molecule has 0 atom stereocenters. The smallest absolute Gasteiger partial charge is 0.203 e. The van der Waals surface area contributed by atoms with E-state index in [-0.39, 0.29) is 0 Å². The van der Waals surface area contributed by atoms with Crippen molar-refractivity contribution in [3.05, 3.63) is 0 Å². The lowest BCUT2D eigenvalue weighted by Crippen LogP contribution is -2.37. The highest BCUT2D eigenvalue weighted by atomic mass is 32.2. The number of nitrogens with one attached hydrogen (secondary N) is 1. The third kappa shape index (κ3) is 5.71. The van der Waals surface area contributed by atoms with Crippen LogP contribution in [0.1, 0.15) is 6.42 Å². The maximum atomic E-state index is 5.26. The first-order chi connectivity index (χ1) is 4.81. The van der Waals surface area contributed by atoms with E-state index < -0.39 is 0 Å². The van der Waals surface area contributed by atoms with Crippen molar-refractivity contribution in [2.75, 3.05) is 18.6 Å². The molecular weight excluding hydrogens is 148 g/mol. The Morgan fingerprint density at radius 3 is 2.90 bits per heavy atom. The molecule has 0 unspecified atom stereocenters. The number of hydrogen-bond donors (Lipinski definition) is 3. The SMILES string of the molecule is CSCCCN=C(N)NN. The largest absolute Gasteiger partial charge is 0.369 e. The summed E-state index contributed by atoms with van der Waals surface area (Å²) in [5.41, 5.74) is 7.53. The molecule has 0 saturated heterocycles. The number of guanidine groups is 1. The van der Waals surface area contributed by atoms with E-state index in [2.05, 4.69) is 16.7 Å². The van der Waals surface area contributed by atoms with Gasteiger partial charge in [0.2, 0.25) is 5.96 Å². The van der Waals surface area contributed by atoms with Crippen LogP contribution in [0.25, 0.3) is 0 Å². The van der Waals surface area contributed by atoms with Gasteiger partial charge in [-0.2, -0.15) is 11.8 Å². The monoisotopic (exact) mass is 162 g/mol. The van der Waals surface area contributed by atoms with E-state index >= 15 is 0 Å². The maximum Gasteiger partial charge on any atom is 0.203 e. The van der Waals surface area contributed by atoms with Gasteiger partial charge in [0.05, 0.1) is 0 Å². The second-order valence-corrected chi connectivity index (χ2v) is 2.74. The molecule has 0 aromatic heterocycles. The molecule has 0 aromatic carbocycles. The van der Waals surface area contributed by atoms with Crippen LogP contribution in [0.5, 0.6) is 0 Å². The Kier molecular flexibility index (Phi) is 6.42. The fourth-order valence-electron chi connectivity index (χ4n) is 0.454. The zero-order valence-electron chi connectivity index (χ0n) is 6.13. The average molecular weight is 162 g/mol. The van der Waals surface area contributed by atoms with Crippen molar-refractivity contribution in [3.63, 3.8) is 0 Å². The van der Waals surface area contributed by atoms with Crippen LogP contribution >= 0.6 is 11.8 Å². The van der Waals surface area contributed by atoms with Crippen LogP contribution in [0.15, 0.2) is 4.99 Å². The van der Waals surface area contributed by atoms with Crippen LogP contribution in [0.2, 0.25) is 0 Å². The summed E-state index contributed by atoms with van der Waals surface area (Å²) in [5, 5.41) is 0. The zero-order valence-corrected chi connectivity index (χ0v) is 6.95. The molecule has 5 N–H and O–H groups in total. The molecule has 0 rings (SSSR count). The Hall–Kier alpha value is -0.420. The molecule has 0 aliphatic carbocycles. The van der Waals surface area contributed by atoms with Crippen molar-refractivity contribution in [2.45, 2.75) is 6.42 Å². The first-order valence-corrected chi connectivity index (χ1v) is 4.46. The minimum absolute atomic E-state index is 0.307. The molecule has 0 spiro atoms. The van der Waals surface area contributed by atoms with E-state index in [1.54, 1.807) is 11.8 Å². The van der Waals surface area contributed by atoms with E-state index in [0.717, 1.165) is 18.7 Å². The number of aliphatic imine (C=N–C) groups is 1. The van der Waals surface area contributed by atoms with Gasteiger partial charge in [-0.3, -0.25) is 10.4 Å². The van der Waals surface area contributed by atoms with E-state index in [1.807, 2.05) is 0 Å². The van der Waals surface area contributed by atoms with Gasteiger partial charge in [-0.05, 0) is 18.4 Å².